The van der Waals surface area contributed by atoms with Crippen LogP contribution < -0.4 is 0 Å². The van der Waals surface area contributed by atoms with Crippen molar-refractivity contribution >= 4 is 11.9 Å². The fourth-order valence-corrected chi connectivity index (χ4v) is 1.54. The smallest absolute Gasteiger partial charge is 0.378 e. The minimum absolute atomic E-state index is 0.358. The third-order valence-electron chi connectivity index (χ3n) is 2.66. The van der Waals surface area contributed by atoms with Gasteiger partial charge in [0.1, 0.15) is 12.7 Å². The van der Waals surface area contributed by atoms with E-state index >= 15 is 0 Å². The molecule has 0 bridgehead atoms. The number of esters is 2. The molecule has 1 rings (SSSR count). The maximum absolute atomic E-state index is 11.8. The summed E-state index contributed by atoms with van der Waals surface area (Å²) in [7, 11) is 0. The van der Waals surface area contributed by atoms with Gasteiger partial charge in [-0.25, -0.2) is 9.59 Å². The standard InChI is InChI=1S/C13H20O10/c1-13(2,20)5-21-10-9(23-11(18)7(17)4-15)8(6(16)3-14)22-12(10)19/h6-8,14-17,20H,3-5H2,1-2H3/t6-,7?,8+/m0/s1. The van der Waals surface area contributed by atoms with Crippen molar-refractivity contribution in [1.29, 1.82) is 0 Å². The molecule has 5 N–H and O–H groups in total. The Hall–Kier alpha value is -1.72. The van der Waals surface area contributed by atoms with E-state index in [0.29, 0.717) is 0 Å². The molecule has 1 unspecified atom stereocenters. The van der Waals surface area contributed by atoms with E-state index in [4.69, 9.17) is 24.4 Å². The molecule has 0 saturated carbocycles. The monoisotopic (exact) mass is 336 g/mol. The predicted octanol–water partition coefficient (Wildman–Crippen LogP) is -2.84. The van der Waals surface area contributed by atoms with Crippen LogP contribution in [0.4, 0.5) is 0 Å². The molecular weight excluding hydrogens is 316 g/mol. The topological polar surface area (TPSA) is 163 Å². The molecule has 0 aliphatic carbocycles. The summed E-state index contributed by atoms with van der Waals surface area (Å²) in [4.78, 5) is 23.3. The van der Waals surface area contributed by atoms with Crippen LogP contribution in [0, 0.1) is 0 Å². The van der Waals surface area contributed by atoms with E-state index in [2.05, 4.69) is 0 Å². The number of carbonyl (C=O) groups is 2. The molecule has 0 aromatic carbocycles. The molecule has 1 heterocycles. The number of cyclic esters (lactones) is 1. The van der Waals surface area contributed by atoms with E-state index in [-0.39, 0.29) is 6.61 Å². The second-order valence-corrected chi connectivity index (χ2v) is 5.49. The Kier molecular flexibility index (Phi) is 6.47. The van der Waals surface area contributed by atoms with E-state index in [1.807, 2.05) is 0 Å². The van der Waals surface area contributed by atoms with E-state index in [1.54, 1.807) is 0 Å². The van der Waals surface area contributed by atoms with Gasteiger partial charge in [-0.2, -0.15) is 0 Å². The highest BCUT2D eigenvalue weighted by molar-refractivity contribution is 5.90. The Morgan fingerprint density at radius 3 is 2.39 bits per heavy atom. The number of rotatable bonds is 8. The van der Waals surface area contributed by atoms with Crippen molar-refractivity contribution in [3.8, 4) is 0 Å². The van der Waals surface area contributed by atoms with Crippen LogP contribution in [0.1, 0.15) is 13.8 Å². The van der Waals surface area contributed by atoms with Gasteiger partial charge >= 0.3 is 11.9 Å². The molecule has 3 atom stereocenters. The largest absolute Gasteiger partial charge is 0.481 e. The van der Waals surface area contributed by atoms with Crippen LogP contribution in [0.15, 0.2) is 11.5 Å². The Labute approximate surface area is 131 Å². The van der Waals surface area contributed by atoms with Gasteiger partial charge in [-0.1, -0.05) is 0 Å². The Morgan fingerprint density at radius 2 is 1.91 bits per heavy atom. The molecule has 0 saturated heterocycles. The van der Waals surface area contributed by atoms with Gasteiger partial charge in [0.15, 0.2) is 12.2 Å². The molecule has 0 fully saturated rings. The van der Waals surface area contributed by atoms with Crippen molar-refractivity contribution in [2.75, 3.05) is 19.8 Å². The molecule has 1 aliphatic rings. The zero-order chi connectivity index (χ0) is 17.8. The molecule has 132 valence electrons. The van der Waals surface area contributed by atoms with Crippen molar-refractivity contribution < 1.29 is 49.3 Å². The van der Waals surface area contributed by atoms with Crippen molar-refractivity contribution in [3.63, 3.8) is 0 Å². The fourth-order valence-electron chi connectivity index (χ4n) is 1.54. The Balaban J connectivity index is 3.07. The van der Waals surface area contributed by atoms with E-state index in [9.17, 15) is 24.9 Å². The summed E-state index contributed by atoms with van der Waals surface area (Å²) in [5.41, 5.74) is -1.32. The highest BCUT2D eigenvalue weighted by Crippen LogP contribution is 2.28. The second kappa shape index (κ2) is 7.70. The summed E-state index contributed by atoms with van der Waals surface area (Å²) in [6, 6.07) is 0. The minimum Gasteiger partial charge on any atom is -0.481 e. The van der Waals surface area contributed by atoms with Gasteiger partial charge in [0, 0.05) is 0 Å². The first-order valence-corrected chi connectivity index (χ1v) is 6.70. The number of ether oxygens (including phenoxy) is 3. The first-order valence-electron chi connectivity index (χ1n) is 6.70. The number of aliphatic hydroxyl groups excluding tert-OH is 4. The average molecular weight is 336 g/mol. The summed E-state index contributed by atoms with van der Waals surface area (Å²) in [5.74, 6) is -3.52. The van der Waals surface area contributed by atoms with Crippen LogP contribution in [0.2, 0.25) is 0 Å². The lowest BCUT2D eigenvalue weighted by Gasteiger charge is -2.19. The van der Waals surface area contributed by atoms with Crippen LogP contribution in [0.5, 0.6) is 0 Å². The second-order valence-electron chi connectivity index (χ2n) is 5.49. The number of hydrogen-bond donors (Lipinski definition) is 5. The Morgan fingerprint density at radius 1 is 1.30 bits per heavy atom. The molecule has 0 radical (unpaired) electrons. The van der Waals surface area contributed by atoms with Crippen LogP contribution in [-0.2, 0) is 23.8 Å². The van der Waals surface area contributed by atoms with Crippen LogP contribution >= 0.6 is 0 Å². The predicted molar refractivity (Wildman–Crippen MR) is 71.4 cm³/mol. The van der Waals surface area contributed by atoms with Gasteiger partial charge in [-0.05, 0) is 13.8 Å². The van der Waals surface area contributed by atoms with E-state index in [0.717, 1.165) is 0 Å². The maximum atomic E-state index is 11.8. The summed E-state index contributed by atoms with van der Waals surface area (Å²) in [6.45, 7) is 0.710. The quantitative estimate of drug-likeness (QED) is 0.292. The lowest BCUT2D eigenvalue weighted by atomic mass is 10.1. The SMILES string of the molecule is CC(C)(O)COC1=C(OC(=O)C(O)CO)[C@@H]([C@@H](O)CO)OC1=O. The molecule has 23 heavy (non-hydrogen) atoms. The van der Waals surface area contributed by atoms with Gasteiger partial charge in [-0.15, -0.1) is 0 Å². The number of hydrogen-bond acceptors (Lipinski definition) is 10. The number of aliphatic hydroxyl groups is 5. The third kappa shape index (κ3) is 5.15. The lowest BCUT2D eigenvalue weighted by Crippen LogP contribution is -2.35. The first kappa shape index (κ1) is 19.3. The normalized spacial score (nSPS) is 21.0. The molecule has 0 amide bonds. The van der Waals surface area contributed by atoms with Gasteiger partial charge in [0.25, 0.3) is 0 Å². The van der Waals surface area contributed by atoms with Crippen LogP contribution in [0.3, 0.4) is 0 Å². The van der Waals surface area contributed by atoms with Crippen molar-refractivity contribution in [2.45, 2.75) is 37.8 Å². The summed E-state index contributed by atoms with van der Waals surface area (Å²) in [5, 5.41) is 46.1. The lowest BCUT2D eigenvalue weighted by molar-refractivity contribution is -0.157. The number of carbonyl (C=O) groups excluding carboxylic acids is 2. The van der Waals surface area contributed by atoms with Crippen molar-refractivity contribution in [1.82, 2.24) is 0 Å². The molecule has 0 aromatic heterocycles. The molecular formula is C13H20O10. The zero-order valence-corrected chi connectivity index (χ0v) is 12.6. The molecule has 0 aromatic rings. The highest BCUT2D eigenvalue weighted by Gasteiger charge is 2.44. The van der Waals surface area contributed by atoms with Gasteiger partial charge in [0.2, 0.25) is 11.5 Å². The summed E-state index contributed by atoms with van der Waals surface area (Å²) in [6.07, 6.45) is -5.00. The minimum atomic E-state index is -1.87. The van der Waals surface area contributed by atoms with Crippen molar-refractivity contribution in [2.24, 2.45) is 0 Å². The molecule has 1 aliphatic heterocycles. The summed E-state index contributed by atoms with van der Waals surface area (Å²) >= 11 is 0. The third-order valence-corrected chi connectivity index (χ3v) is 2.66. The van der Waals surface area contributed by atoms with Gasteiger partial charge < -0.3 is 39.7 Å². The molecule has 0 spiro atoms. The van der Waals surface area contributed by atoms with E-state index < -0.39 is 60.6 Å². The van der Waals surface area contributed by atoms with Crippen LogP contribution in [-0.4, -0.2) is 81.2 Å². The molecule has 10 nitrogen and oxygen atoms in total. The van der Waals surface area contributed by atoms with Crippen molar-refractivity contribution in [3.05, 3.63) is 11.5 Å². The molecule has 10 heteroatoms. The highest BCUT2D eigenvalue weighted by atomic mass is 16.6. The average Bonchev–Trinajstić information content (AvgIpc) is 2.78. The van der Waals surface area contributed by atoms with Gasteiger partial charge in [-0.3, -0.25) is 0 Å². The maximum Gasteiger partial charge on any atom is 0.378 e. The summed E-state index contributed by atoms with van der Waals surface area (Å²) < 4.78 is 14.6. The first-order chi connectivity index (χ1) is 10.6. The van der Waals surface area contributed by atoms with E-state index in [1.165, 1.54) is 13.8 Å². The zero-order valence-electron chi connectivity index (χ0n) is 12.6. The van der Waals surface area contributed by atoms with Crippen LogP contribution in [0.25, 0.3) is 0 Å². The van der Waals surface area contributed by atoms with Gasteiger partial charge in [0.05, 0.1) is 18.8 Å². The Bertz CT molecular complexity index is 478. The fraction of sp³-hybridized carbons (Fsp3) is 0.692.